The summed E-state index contributed by atoms with van der Waals surface area (Å²) in [6.07, 6.45) is 0.482. The molecule has 0 bridgehead atoms. The second-order valence-corrected chi connectivity index (χ2v) is 4.73. The number of nitrogens with zero attached hydrogens (tertiary/aromatic N) is 1. The van der Waals surface area contributed by atoms with Gasteiger partial charge < -0.3 is 9.84 Å². The predicted molar refractivity (Wildman–Crippen MR) is 70.0 cm³/mol. The van der Waals surface area contributed by atoms with Gasteiger partial charge in [-0.15, -0.1) is 0 Å². The number of benzene rings is 1. The normalized spacial score (nSPS) is 21.9. The third-order valence-corrected chi connectivity index (χ3v) is 3.37. The maximum atomic E-state index is 12.4. The average Bonchev–Trinajstić information content (AvgIpc) is 2.89. The minimum atomic E-state index is -1.03. The van der Waals surface area contributed by atoms with E-state index in [9.17, 15) is 14.7 Å². The number of carbonyl (C=O) groups excluding carboxylic acids is 2. The molecule has 0 saturated carbocycles. The van der Waals surface area contributed by atoms with E-state index in [1.807, 2.05) is 6.92 Å². The Morgan fingerprint density at radius 2 is 2.05 bits per heavy atom. The molecule has 0 aromatic heterocycles. The number of ether oxygens (including phenoxy) is 1. The van der Waals surface area contributed by atoms with Crippen molar-refractivity contribution >= 4 is 11.9 Å². The van der Waals surface area contributed by atoms with Crippen LogP contribution in [0.1, 0.15) is 34.1 Å². The predicted octanol–water partition coefficient (Wildman–Crippen LogP) is 1.00. The molecule has 1 aliphatic rings. The van der Waals surface area contributed by atoms with E-state index >= 15 is 0 Å². The summed E-state index contributed by atoms with van der Waals surface area (Å²) in [5.74, 6) is -1.05. The van der Waals surface area contributed by atoms with Crippen LogP contribution in [0, 0.1) is 0 Å². The zero-order valence-corrected chi connectivity index (χ0v) is 11.5. The molecular formula is C14H17NO5. The Bertz CT molecular complexity index is 530. The summed E-state index contributed by atoms with van der Waals surface area (Å²) in [6, 6.07) is 6.35. The third kappa shape index (κ3) is 2.66. The fourth-order valence-corrected chi connectivity index (χ4v) is 1.99. The number of carbonyl (C=O) groups is 2. The number of amides is 1. The lowest BCUT2D eigenvalue weighted by molar-refractivity contribution is -0.0804. The fourth-order valence-electron chi connectivity index (χ4n) is 1.99. The van der Waals surface area contributed by atoms with Crippen molar-refractivity contribution < 1.29 is 24.3 Å². The maximum absolute atomic E-state index is 12.4. The molecule has 1 fully saturated rings. The minimum absolute atomic E-state index is 0.0651. The number of esters is 1. The summed E-state index contributed by atoms with van der Waals surface area (Å²) in [4.78, 5) is 29.3. The lowest BCUT2D eigenvalue weighted by Gasteiger charge is -2.18. The fraction of sp³-hybridized carbons (Fsp3) is 0.429. The molecule has 1 aliphatic heterocycles. The van der Waals surface area contributed by atoms with Crippen LogP contribution in [0.15, 0.2) is 24.3 Å². The van der Waals surface area contributed by atoms with Crippen molar-refractivity contribution in [3.05, 3.63) is 35.4 Å². The van der Waals surface area contributed by atoms with Crippen molar-refractivity contribution in [1.29, 1.82) is 0 Å². The van der Waals surface area contributed by atoms with Crippen LogP contribution < -0.4 is 0 Å². The van der Waals surface area contributed by atoms with Crippen LogP contribution in [-0.4, -0.2) is 47.9 Å². The van der Waals surface area contributed by atoms with Gasteiger partial charge in [0.05, 0.1) is 24.8 Å². The topological polar surface area (TPSA) is 76.1 Å². The summed E-state index contributed by atoms with van der Waals surface area (Å²) < 4.78 is 4.65. The molecule has 6 heteroatoms. The SMILES string of the molecule is CC[C@@]1(O)CON(C(=O)c2ccccc2C(=O)OC)C1. The lowest BCUT2D eigenvalue weighted by Crippen LogP contribution is -2.36. The molecule has 0 radical (unpaired) electrons. The van der Waals surface area contributed by atoms with Crippen molar-refractivity contribution in [2.75, 3.05) is 20.3 Å². The Labute approximate surface area is 116 Å². The molecule has 0 unspecified atom stereocenters. The maximum Gasteiger partial charge on any atom is 0.338 e. The summed E-state index contributed by atoms with van der Waals surface area (Å²) in [5, 5.41) is 11.2. The number of hydrogen-bond donors (Lipinski definition) is 1. The van der Waals surface area contributed by atoms with E-state index in [2.05, 4.69) is 4.74 Å². The highest BCUT2D eigenvalue weighted by atomic mass is 16.7. The molecular weight excluding hydrogens is 262 g/mol. The van der Waals surface area contributed by atoms with Gasteiger partial charge in [-0.05, 0) is 18.6 Å². The van der Waals surface area contributed by atoms with Gasteiger partial charge in [-0.25, -0.2) is 9.86 Å². The first-order valence-corrected chi connectivity index (χ1v) is 6.35. The van der Waals surface area contributed by atoms with Gasteiger partial charge in [0.15, 0.2) is 0 Å². The molecule has 1 aromatic carbocycles. The minimum Gasteiger partial charge on any atom is -0.465 e. The molecule has 1 atom stereocenters. The van der Waals surface area contributed by atoms with E-state index in [1.54, 1.807) is 12.1 Å². The van der Waals surface area contributed by atoms with E-state index in [4.69, 9.17) is 4.84 Å². The highest BCUT2D eigenvalue weighted by Gasteiger charge is 2.39. The monoisotopic (exact) mass is 279 g/mol. The number of methoxy groups -OCH3 is 1. The Kier molecular flexibility index (Phi) is 4.06. The standard InChI is InChI=1S/C14H17NO5/c1-3-14(18)8-15(20-9-14)12(16)10-6-4-5-7-11(10)13(17)19-2/h4-7,18H,3,8-9H2,1-2H3/t14-/m0/s1. The first-order chi connectivity index (χ1) is 9.50. The number of hydroxylamine groups is 2. The van der Waals surface area contributed by atoms with Crippen molar-refractivity contribution in [2.45, 2.75) is 18.9 Å². The molecule has 1 amide bonds. The zero-order chi connectivity index (χ0) is 14.8. The van der Waals surface area contributed by atoms with Gasteiger partial charge in [0, 0.05) is 0 Å². The number of hydrogen-bond acceptors (Lipinski definition) is 5. The number of aliphatic hydroxyl groups is 1. The van der Waals surface area contributed by atoms with Crippen molar-refractivity contribution in [3.8, 4) is 0 Å². The second kappa shape index (κ2) is 5.60. The largest absolute Gasteiger partial charge is 0.465 e. The Hall–Kier alpha value is -1.92. The third-order valence-electron chi connectivity index (χ3n) is 3.37. The molecule has 0 spiro atoms. The van der Waals surface area contributed by atoms with Crippen LogP contribution in [0.25, 0.3) is 0 Å². The lowest BCUT2D eigenvalue weighted by atomic mass is 10.0. The van der Waals surface area contributed by atoms with Crippen molar-refractivity contribution in [3.63, 3.8) is 0 Å². The molecule has 1 saturated heterocycles. The van der Waals surface area contributed by atoms with Gasteiger partial charge in [-0.2, -0.15) is 0 Å². The van der Waals surface area contributed by atoms with Gasteiger partial charge in [-0.1, -0.05) is 19.1 Å². The highest BCUT2D eigenvalue weighted by Crippen LogP contribution is 2.23. The van der Waals surface area contributed by atoms with Gasteiger partial charge in [-0.3, -0.25) is 9.63 Å². The van der Waals surface area contributed by atoms with Crippen molar-refractivity contribution in [2.24, 2.45) is 0 Å². The number of rotatable bonds is 3. The molecule has 1 N–H and O–H groups in total. The van der Waals surface area contributed by atoms with E-state index in [0.717, 1.165) is 5.06 Å². The molecule has 1 heterocycles. The Morgan fingerprint density at radius 3 is 2.60 bits per heavy atom. The van der Waals surface area contributed by atoms with Crippen molar-refractivity contribution in [1.82, 2.24) is 5.06 Å². The summed E-state index contributed by atoms with van der Waals surface area (Å²) in [7, 11) is 1.26. The molecule has 6 nitrogen and oxygen atoms in total. The summed E-state index contributed by atoms with van der Waals surface area (Å²) in [6.45, 7) is 1.97. The van der Waals surface area contributed by atoms with E-state index in [0.29, 0.717) is 6.42 Å². The van der Waals surface area contributed by atoms with Crippen LogP contribution in [-0.2, 0) is 9.57 Å². The van der Waals surface area contributed by atoms with E-state index in [1.165, 1.54) is 19.2 Å². The van der Waals surface area contributed by atoms with Crippen LogP contribution in [0.2, 0.25) is 0 Å². The molecule has 1 aromatic rings. The number of β-amino-alcohol motifs (C(OH)–C–C–N with tert-alkyl or cyclic N) is 1. The molecule has 2 rings (SSSR count). The highest BCUT2D eigenvalue weighted by molar-refractivity contribution is 6.05. The van der Waals surface area contributed by atoms with Gasteiger partial charge in [0.2, 0.25) is 0 Å². The van der Waals surface area contributed by atoms with Gasteiger partial charge >= 0.3 is 5.97 Å². The smallest absolute Gasteiger partial charge is 0.338 e. The second-order valence-electron chi connectivity index (χ2n) is 4.73. The Morgan fingerprint density at radius 1 is 1.40 bits per heavy atom. The van der Waals surface area contributed by atoms with E-state index in [-0.39, 0.29) is 24.3 Å². The Balaban J connectivity index is 2.25. The molecule has 20 heavy (non-hydrogen) atoms. The summed E-state index contributed by atoms with van der Waals surface area (Å²) in [5.41, 5.74) is -0.661. The molecule has 108 valence electrons. The van der Waals surface area contributed by atoms with Gasteiger partial charge in [0.25, 0.3) is 5.91 Å². The van der Waals surface area contributed by atoms with Crippen LogP contribution in [0.3, 0.4) is 0 Å². The van der Waals surface area contributed by atoms with Crippen LogP contribution in [0.5, 0.6) is 0 Å². The van der Waals surface area contributed by atoms with E-state index < -0.39 is 17.5 Å². The quantitative estimate of drug-likeness (QED) is 0.835. The zero-order valence-electron chi connectivity index (χ0n) is 11.5. The van der Waals surface area contributed by atoms with Crippen LogP contribution >= 0.6 is 0 Å². The average molecular weight is 279 g/mol. The molecule has 0 aliphatic carbocycles. The first kappa shape index (κ1) is 14.5. The van der Waals surface area contributed by atoms with Crippen LogP contribution in [0.4, 0.5) is 0 Å². The summed E-state index contributed by atoms with van der Waals surface area (Å²) >= 11 is 0. The van der Waals surface area contributed by atoms with Gasteiger partial charge in [0.1, 0.15) is 12.2 Å². The first-order valence-electron chi connectivity index (χ1n) is 6.35.